The maximum absolute atomic E-state index is 12.1. The van der Waals surface area contributed by atoms with Gasteiger partial charge < -0.3 is 9.32 Å². The second-order valence-electron chi connectivity index (χ2n) is 5.17. The third-order valence-corrected chi connectivity index (χ3v) is 3.33. The number of rotatable bonds is 4. The molecule has 2 atom stereocenters. The fraction of sp³-hybridized carbons (Fsp3) is 0.615. The molecule has 1 saturated carbocycles. The van der Waals surface area contributed by atoms with Crippen molar-refractivity contribution in [2.24, 2.45) is 5.92 Å². The van der Waals surface area contributed by atoms with Gasteiger partial charge in [-0.1, -0.05) is 6.92 Å². The van der Waals surface area contributed by atoms with E-state index in [9.17, 15) is 18.0 Å². The monoisotopic (exact) mass is 275 g/mol. The molecular formula is C13H16F3NO2. The summed E-state index contributed by atoms with van der Waals surface area (Å²) in [6, 6.07) is 3.56. The van der Waals surface area contributed by atoms with E-state index in [0.717, 1.165) is 17.1 Å². The summed E-state index contributed by atoms with van der Waals surface area (Å²) in [6.07, 6.45) is -4.82. The predicted molar refractivity (Wildman–Crippen MR) is 62.4 cm³/mol. The van der Waals surface area contributed by atoms with E-state index in [1.807, 2.05) is 6.07 Å². The van der Waals surface area contributed by atoms with Crippen LogP contribution in [-0.2, 0) is 11.3 Å². The Morgan fingerprint density at radius 2 is 2.11 bits per heavy atom. The van der Waals surface area contributed by atoms with Gasteiger partial charge in [-0.3, -0.25) is 4.79 Å². The molecular weight excluding hydrogens is 259 g/mol. The number of alkyl halides is 3. The molecule has 0 unspecified atom stereocenters. The molecule has 1 heterocycles. The van der Waals surface area contributed by atoms with E-state index < -0.39 is 18.5 Å². The van der Waals surface area contributed by atoms with Crippen molar-refractivity contribution in [1.29, 1.82) is 0 Å². The van der Waals surface area contributed by atoms with Crippen LogP contribution >= 0.6 is 0 Å². The van der Waals surface area contributed by atoms with Crippen LogP contribution in [0.1, 0.15) is 37.2 Å². The molecule has 19 heavy (non-hydrogen) atoms. The molecule has 0 radical (unpaired) electrons. The van der Waals surface area contributed by atoms with Crippen LogP contribution in [0.15, 0.2) is 16.5 Å². The van der Waals surface area contributed by atoms with E-state index in [1.54, 1.807) is 6.07 Å². The van der Waals surface area contributed by atoms with E-state index >= 15 is 0 Å². The molecule has 106 valence electrons. The van der Waals surface area contributed by atoms with Gasteiger partial charge in [-0.25, -0.2) is 0 Å². The number of halogens is 3. The molecule has 1 fully saturated rings. The number of hydrogen-bond donors (Lipinski definition) is 0. The number of furan rings is 1. The number of carbonyl (C=O) groups excluding carboxylic acids is 1. The van der Waals surface area contributed by atoms with Crippen LogP contribution in [-0.4, -0.2) is 24.0 Å². The van der Waals surface area contributed by atoms with Crippen LogP contribution in [0.4, 0.5) is 13.2 Å². The van der Waals surface area contributed by atoms with Gasteiger partial charge in [-0.05, 0) is 24.5 Å². The van der Waals surface area contributed by atoms with Crippen molar-refractivity contribution < 1.29 is 22.4 Å². The lowest BCUT2D eigenvalue weighted by Crippen LogP contribution is -2.30. The molecule has 0 saturated heterocycles. The van der Waals surface area contributed by atoms with E-state index in [-0.39, 0.29) is 6.54 Å². The average Bonchev–Trinajstić information content (AvgIpc) is 2.82. The maximum Gasteiger partial charge on any atom is 0.397 e. The Morgan fingerprint density at radius 1 is 1.47 bits per heavy atom. The maximum atomic E-state index is 12.1. The first-order valence-corrected chi connectivity index (χ1v) is 6.15. The zero-order valence-corrected chi connectivity index (χ0v) is 10.8. The first-order valence-electron chi connectivity index (χ1n) is 6.15. The van der Waals surface area contributed by atoms with E-state index in [1.165, 1.54) is 7.05 Å². The van der Waals surface area contributed by atoms with Gasteiger partial charge in [0, 0.05) is 13.0 Å². The summed E-state index contributed by atoms with van der Waals surface area (Å²) in [4.78, 5) is 12.4. The first-order chi connectivity index (χ1) is 8.76. The van der Waals surface area contributed by atoms with Crippen LogP contribution in [0.2, 0.25) is 0 Å². The molecule has 0 spiro atoms. The minimum Gasteiger partial charge on any atom is -0.464 e. The van der Waals surface area contributed by atoms with Crippen molar-refractivity contribution in [1.82, 2.24) is 4.90 Å². The third-order valence-electron chi connectivity index (χ3n) is 3.33. The molecule has 0 aliphatic heterocycles. The van der Waals surface area contributed by atoms with Gasteiger partial charge in [0.05, 0.1) is 6.54 Å². The normalized spacial score (nSPS) is 22.4. The van der Waals surface area contributed by atoms with Gasteiger partial charge in [0.15, 0.2) is 0 Å². The van der Waals surface area contributed by atoms with Crippen molar-refractivity contribution in [3.05, 3.63) is 23.7 Å². The molecule has 1 aliphatic carbocycles. The molecule has 1 aromatic rings. The van der Waals surface area contributed by atoms with E-state index in [2.05, 4.69) is 6.92 Å². The fourth-order valence-electron chi connectivity index (χ4n) is 2.03. The quantitative estimate of drug-likeness (QED) is 0.844. The first kappa shape index (κ1) is 14.0. The van der Waals surface area contributed by atoms with Crippen LogP contribution < -0.4 is 0 Å². The number of nitrogens with zero attached hydrogens (tertiary/aromatic N) is 1. The minimum absolute atomic E-state index is 0.0655. The summed E-state index contributed by atoms with van der Waals surface area (Å²) < 4.78 is 41.8. The molecule has 0 N–H and O–H groups in total. The van der Waals surface area contributed by atoms with Crippen molar-refractivity contribution in [3.8, 4) is 0 Å². The number of carbonyl (C=O) groups is 1. The number of amides is 1. The summed E-state index contributed by atoms with van der Waals surface area (Å²) in [5.74, 6) is 1.45. The van der Waals surface area contributed by atoms with Crippen molar-refractivity contribution >= 4 is 5.91 Å². The standard InChI is InChI=1S/C13H16F3NO2/c1-8-5-10(8)11-4-3-9(19-11)7-17(2)12(18)6-13(14,15)16/h3-4,8,10H,5-7H2,1-2H3/t8-,10+/m1/s1. The van der Waals surface area contributed by atoms with Crippen LogP contribution in [0.3, 0.4) is 0 Å². The average molecular weight is 275 g/mol. The summed E-state index contributed by atoms with van der Waals surface area (Å²) in [7, 11) is 1.34. The van der Waals surface area contributed by atoms with Gasteiger partial charge >= 0.3 is 6.18 Å². The molecule has 1 amide bonds. The lowest BCUT2D eigenvalue weighted by Gasteiger charge is -2.16. The largest absolute Gasteiger partial charge is 0.464 e. The minimum atomic E-state index is -4.47. The summed E-state index contributed by atoms with van der Waals surface area (Å²) >= 11 is 0. The second-order valence-corrected chi connectivity index (χ2v) is 5.17. The highest BCUT2D eigenvalue weighted by Gasteiger charge is 2.37. The lowest BCUT2D eigenvalue weighted by atomic mass is 10.3. The van der Waals surface area contributed by atoms with Gasteiger partial charge in [-0.15, -0.1) is 0 Å². The Hall–Kier alpha value is -1.46. The fourth-order valence-corrected chi connectivity index (χ4v) is 2.03. The Balaban J connectivity index is 1.89. The molecule has 2 rings (SSSR count). The van der Waals surface area contributed by atoms with Crippen molar-refractivity contribution in [2.45, 2.75) is 38.4 Å². The number of hydrogen-bond acceptors (Lipinski definition) is 2. The Kier molecular flexibility index (Phi) is 3.60. The van der Waals surface area contributed by atoms with Crippen LogP contribution in [0.5, 0.6) is 0 Å². The summed E-state index contributed by atoms with van der Waals surface area (Å²) in [6.45, 7) is 2.18. The Bertz CT molecular complexity index is 467. The molecule has 1 aliphatic rings. The molecule has 0 aromatic carbocycles. The van der Waals surface area contributed by atoms with Gasteiger partial charge in [0.1, 0.15) is 17.9 Å². The highest BCUT2D eigenvalue weighted by Crippen LogP contribution is 2.47. The SMILES string of the molecule is C[C@@H]1C[C@@H]1c1ccc(CN(C)C(=O)CC(F)(F)F)o1. The van der Waals surface area contributed by atoms with Gasteiger partial charge in [-0.2, -0.15) is 13.2 Å². The van der Waals surface area contributed by atoms with Crippen molar-refractivity contribution in [2.75, 3.05) is 7.05 Å². The van der Waals surface area contributed by atoms with E-state index in [4.69, 9.17) is 4.42 Å². The zero-order chi connectivity index (χ0) is 14.2. The topological polar surface area (TPSA) is 33.5 Å². The second kappa shape index (κ2) is 4.90. The predicted octanol–water partition coefficient (Wildman–Crippen LogP) is 3.31. The van der Waals surface area contributed by atoms with E-state index in [0.29, 0.717) is 17.6 Å². The molecule has 1 aromatic heterocycles. The Labute approximate surface area is 109 Å². The Morgan fingerprint density at radius 3 is 2.63 bits per heavy atom. The zero-order valence-electron chi connectivity index (χ0n) is 10.8. The molecule has 3 nitrogen and oxygen atoms in total. The highest BCUT2D eigenvalue weighted by molar-refractivity contribution is 5.76. The summed E-state index contributed by atoms with van der Waals surface area (Å²) in [5, 5.41) is 0. The highest BCUT2D eigenvalue weighted by atomic mass is 19.4. The lowest BCUT2D eigenvalue weighted by molar-refractivity contribution is -0.161. The van der Waals surface area contributed by atoms with Crippen molar-refractivity contribution in [3.63, 3.8) is 0 Å². The molecule has 6 heteroatoms. The summed E-state index contributed by atoms with van der Waals surface area (Å²) in [5.41, 5.74) is 0. The third kappa shape index (κ3) is 3.75. The van der Waals surface area contributed by atoms with Crippen LogP contribution in [0.25, 0.3) is 0 Å². The smallest absolute Gasteiger partial charge is 0.397 e. The molecule has 0 bridgehead atoms. The van der Waals surface area contributed by atoms with Crippen LogP contribution in [0, 0.1) is 5.92 Å². The van der Waals surface area contributed by atoms with Gasteiger partial charge in [0.2, 0.25) is 5.91 Å². The van der Waals surface area contributed by atoms with Gasteiger partial charge in [0.25, 0.3) is 0 Å².